The van der Waals surface area contributed by atoms with E-state index in [0.29, 0.717) is 33.5 Å². The molecule has 8 heteroatoms. The largest absolute Gasteiger partial charge is 0.495 e. The third-order valence-electron chi connectivity index (χ3n) is 3.74. The van der Waals surface area contributed by atoms with Gasteiger partial charge in [-0.05, 0) is 43.3 Å². The van der Waals surface area contributed by atoms with Gasteiger partial charge in [0.25, 0.3) is 5.91 Å². The molecule has 0 aliphatic heterocycles. The zero-order valence-electron chi connectivity index (χ0n) is 16.4. The van der Waals surface area contributed by atoms with Crippen molar-refractivity contribution in [1.29, 1.82) is 0 Å². The quantitative estimate of drug-likeness (QED) is 0.486. The van der Waals surface area contributed by atoms with Gasteiger partial charge in [0.2, 0.25) is 0 Å². The van der Waals surface area contributed by atoms with Crippen molar-refractivity contribution in [3.63, 3.8) is 0 Å². The Balaban J connectivity index is 2.02. The van der Waals surface area contributed by atoms with Crippen LogP contribution in [-0.4, -0.2) is 39.3 Å². The van der Waals surface area contributed by atoms with Crippen LogP contribution in [0.2, 0.25) is 5.02 Å². The number of benzene rings is 2. The van der Waals surface area contributed by atoms with E-state index in [-0.39, 0.29) is 13.2 Å². The predicted octanol–water partition coefficient (Wildman–Crippen LogP) is 4.11. The van der Waals surface area contributed by atoms with E-state index in [1.165, 1.54) is 26.4 Å². The molecule has 0 radical (unpaired) electrons. The fraction of sp³-hybridized carbons (Fsp3) is 0.238. The number of carbonyl (C=O) groups is 2. The smallest absolute Gasteiger partial charge is 0.338 e. The summed E-state index contributed by atoms with van der Waals surface area (Å²) < 4.78 is 21.1. The average Bonchev–Trinajstić information content (AvgIpc) is 2.72. The molecule has 2 rings (SSSR count). The summed E-state index contributed by atoms with van der Waals surface area (Å²) in [6.07, 6.45) is 3.51. The first-order valence-electron chi connectivity index (χ1n) is 8.71. The lowest BCUT2D eigenvalue weighted by atomic mass is 10.2. The second-order valence-corrected chi connectivity index (χ2v) is 6.15. The van der Waals surface area contributed by atoms with Crippen molar-refractivity contribution in [1.82, 2.24) is 0 Å². The maximum atomic E-state index is 12.2. The standard InChI is InChI=1S/C21H22ClNO6/c1-4-5-10-28-21(25)14-6-8-18(19(11-14)27-3)29-13-20(24)23-16-12-15(22)7-9-17(16)26-2/h4-9,11-12H,10,13H2,1-3H3,(H,23,24)/b5-4+. The molecular formula is C21H22ClNO6. The van der Waals surface area contributed by atoms with E-state index in [0.717, 1.165) is 0 Å². The number of halogens is 1. The van der Waals surface area contributed by atoms with Gasteiger partial charge in [-0.2, -0.15) is 0 Å². The van der Waals surface area contributed by atoms with Gasteiger partial charge in [-0.1, -0.05) is 23.8 Å². The molecule has 1 N–H and O–H groups in total. The number of carbonyl (C=O) groups excluding carboxylic acids is 2. The molecule has 0 aromatic heterocycles. The fourth-order valence-electron chi connectivity index (χ4n) is 2.32. The van der Waals surface area contributed by atoms with Gasteiger partial charge in [-0.25, -0.2) is 4.79 Å². The number of hydrogen-bond acceptors (Lipinski definition) is 6. The first kappa shape index (κ1) is 22.1. The zero-order valence-corrected chi connectivity index (χ0v) is 17.1. The van der Waals surface area contributed by atoms with E-state index in [4.69, 9.17) is 30.5 Å². The summed E-state index contributed by atoms with van der Waals surface area (Å²) in [5.41, 5.74) is 0.742. The minimum absolute atomic E-state index is 0.184. The Hall–Kier alpha value is -3.19. The molecule has 0 aliphatic carbocycles. The first-order chi connectivity index (χ1) is 14.0. The SMILES string of the molecule is C/C=C/COC(=O)c1ccc(OCC(=O)Nc2cc(Cl)ccc2OC)c(OC)c1. The third-order valence-corrected chi connectivity index (χ3v) is 3.98. The number of rotatable bonds is 9. The lowest BCUT2D eigenvalue weighted by Gasteiger charge is -2.13. The summed E-state index contributed by atoms with van der Waals surface area (Å²) in [5, 5.41) is 3.13. The van der Waals surface area contributed by atoms with E-state index in [9.17, 15) is 9.59 Å². The molecule has 0 unspecified atom stereocenters. The Kier molecular flexibility index (Phi) is 8.36. The minimum atomic E-state index is -0.487. The van der Waals surface area contributed by atoms with Gasteiger partial charge in [0.15, 0.2) is 18.1 Å². The Morgan fingerprint density at radius 3 is 2.45 bits per heavy atom. The van der Waals surface area contributed by atoms with Crippen molar-refractivity contribution in [3.05, 3.63) is 59.1 Å². The Bertz CT molecular complexity index is 897. The minimum Gasteiger partial charge on any atom is -0.495 e. The third kappa shape index (κ3) is 6.43. The molecular weight excluding hydrogens is 398 g/mol. The summed E-state index contributed by atoms with van der Waals surface area (Å²) in [4.78, 5) is 24.2. The molecule has 0 fully saturated rings. The highest BCUT2D eigenvalue weighted by Crippen LogP contribution is 2.29. The number of amides is 1. The van der Waals surface area contributed by atoms with Crippen LogP contribution in [0, 0.1) is 0 Å². The summed E-state index contributed by atoms with van der Waals surface area (Å²) in [5.74, 6) is 0.187. The first-order valence-corrected chi connectivity index (χ1v) is 9.08. The normalized spacial score (nSPS) is 10.5. The van der Waals surface area contributed by atoms with Crippen LogP contribution in [0.5, 0.6) is 17.2 Å². The second-order valence-electron chi connectivity index (χ2n) is 5.71. The van der Waals surface area contributed by atoms with Crippen molar-refractivity contribution >= 4 is 29.2 Å². The number of allylic oxidation sites excluding steroid dienone is 1. The van der Waals surface area contributed by atoms with Crippen molar-refractivity contribution in [2.75, 3.05) is 32.8 Å². The molecule has 154 valence electrons. The van der Waals surface area contributed by atoms with E-state index >= 15 is 0 Å². The lowest BCUT2D eigenvalue weighted by Crippen LogP contribution is -2.20. The molecule has 29 heavy (non-hydrogen) atoms. The van der Waals surface area contributed by atoms with Gasteiger partial charge in [-0.15, -0.1) is 0 Å². The van der Waals surface area contributed by atoms with Crippen LogP contribution in [0.3, 0.4) is 0 Å². The molecule has 7 nitrogen and oxygen atoms in total. The molecule has 1 amide bonds. The van der Waals surface area contributed by atoms with E-state index in [1.54, 1.807) is 36.4 Å². The molecule has 0 heterocycles. The topological polar surface area (TPSA) is 83.1 Å². The lowest BCUT2D eigenvalue weighted by molar-refractivity contribution is -0.118. The molecule has 0 aliphatic rings. The maximum Gasteiger partial charge on any atom is 0.338 e. The van der Waals surface area contributed by atoms with Crippen molar-refractivity contribution in [2.45, 2.75) is 6.92 Å². The van der Waals surface area contributed by atoms with Crippen LogP contribution in [0.25, 0.3) is 0 Å². The van der Waals surface area contributed by atoms with Crippen molar-refractivity contribution in [3.8, 4) is 17.2 Å². The van der Waals surface area contributed by atoms with Crippen LogP contribution in [0.4, 0.5) is 5.69 Å². The highest BCUT2D eigenvalue weighted by atomic mass is 35.5. The van der Waals surface area contributed by atoms with Gasteiger partial charge < -0.3 is 24.3 Å². The Morgan fingerprint density at radius 2 is 1.76 bits per heavy atom. The van der Waals surface area contributed by atoms with Gasteiger partial charge >= 0.3 is 5.97 Å². The number of esters is 1. The number of anilines is 1. The van der Waals surface area contributed by atoms with Crippen LogP contribution in [0.1, 0.15) is 17.3 Å². The van der Waals surface area contributed by atoms with Crippen LogP contribution >= 0.6 is 11.6 Å². The molecule has 2 aromatic carbocycles. The summed E-state index contributed by atoms with van der Waals surface area (Å²) in [6, 6.07) is 9.45. The van der Waals surface area contributed by atoms with E-state index in [2.05, 4.69) is 5.32 Å². The molecule has 0 atom stereocenters. The molecule has 0 spiro atoms. The van der Waals surface area contributed by atoms with Gasteiger partial charge in [0, 0.05) is 5.02 Å². The predicted molar refractivity (Wildman–Crippen MR) is 110 cm³/mol. The highest BCUT2D eigenvalue weighted by molar-refractivity contribution is 6.31. The van der Waals surface area contributed by atoms with Crippen LogP contribution in [-0.2, 0) is 9.53 Å². The van der Waals surface area contributed by atoms with Crippen molar-refractivity contribution < 1.29 is 28.5 Å². The number of hydrogen-bond donors (Lipinski definition) is 1. The van der Waals surface area contributed by atoms with Gasteiger partial charge in [0.1, 0.15) is 12.4 Å². The Morgan fingerprint density at radius 1 is 1.03 bits per heavy atom. The average molecular weight is 420 g/mol. The van der Waals surface area contributed by atoms with Crippen molar-refractivity contribution in [2.24, 2.45) is 0 Å². The van der Waals surface area contributed by atoms with E-state index < -0.39 is 11.9 Å². The number of methoxy groups -OCH3 is 2. The second kappa shape index (κ2) is 11.0. The van der Waals surface area contributed by atoms with E-state index in [1.807, 2.05) is 6.92 Å². The zero-order chi connectivity index (χ0) is 21.2. The highest BCUT2D eigenvalue weighted by Gasteiger charge is 2.14. The molecule has 2 aromatic rings. The molecule has 0 saturated heterocycles. The van der Waals surface area contributed by atoms with Crippen LogP contribution in [0.15, 0.2) is 48.6 Å². The maximum absolute atomic E-state index is 12.2. The number of ether oxygens (including phenoxy) is 4. The summed E-state index contributed by atoms with van der Waals surface area (Å²) in [6.45, 7) is 1.74. The van der Waals surface area contributed by atoms with Gasteiger partial charge in [0.05, 0.1) is 25.5 Å². The van der Waals surface area contributed by atoms with Gasteiger partial charge in [-0.3, -0.25) is 4.79 Å². The number of nitrogens with one attached hydrogen (secondary N) is 1. The fourth-order valence-corrected chi connectivity index (χ4v) is 2.50. The summed E-state index contributed by atoms with van der Waals surface area (Å²) in [7, 11) is 2.93. The summed E-state index contributed by atoms with van der Waals surface area (Å²) >= 11 is 5.95. The molecule has 0 saturated carbocycles. The van der Waals surface area contributed by atoms with Crippen LogP contribution < -0.4 is 19.5 Å². The Labute approximate surface area is 174 Å². The monoisotopic (exact) mass is 419 g/mol. The molecule has 0 bridgehead atoms.